The Kier molecular flexibility index (Phi) is 5.69. The van der Waals surface area contributed by atoms with Crippen molar-refractivity contribution in [2.75, 3.05) is 0 Å². The molecule has 0 spiro atoms. The lowest BCUT2D eigenvalue weighted by atomic mass is 9.99. The number of hydrogen-bond donors (Lipinski definition) is 1. The first-order valence-corrected chi connectivity index (χ1v) is 8.20. The summed E-state index contributed by atoms with van der Waals surface area (Å²) < 4.78 is 0. The second kappa shape index (κ2) is 7.30. The Morgan fingerprint density at radius 3 is 2.29 bits per heavy atom. The maximum atomic E-state index is 9.18. The van der Waals surface area contributed by atoms with E-state index in [1.165, 1.54) is 64.2 Å². The highest BCUT2D eigenvalue weighted by molar-refractivity contribution is 8.01. The van der Waals surface area contributed by atoms with E-state index < -0.39 is 0 Å². The fourth-order valence-corrected chi connectivity index (χ4v) is 4.71. The molecule has 0 amide bonds. The summed E-state index contributed by atoms with van der Waals surface area (Å²) in [6.07, 6.45) is 14.4. The molecule has 1 atom stereocenters. The zero-order valence-electron chi connectivity index (χ0n) is 10.7. The van der Waals surface area contributed by atoms with Gasteiger partial charge in [0.1, 0.15) is 0 Å². The maximum absolute atomic E-state index is 9.18. The Bertz CT molecular complexity index is 249. The minimum absolute atomic E-state index is 0.503. The molecule has 17 heavy (non-hydrogen) atoms. The Hall–Kier alpha value is -0.180. The molecule has 2 rings (SSSR count). The van der Waals surface area contributed by atoms with Gasteiger partial charge in [-0.05, 0) is 32.1 Å². The van der Waals surface area contributed by atoms with Crippen LogP contribution < -0.4 is 0 Å². The van der Waals surface area contributed by atoms with Gasteiger partial charge in [0.15, 0.2) is 0 Å². The molecule has 0 aromatic rings. The topological polar surface area (TPSA) is 32.6 Å². The van der Waals surface area contributed by atoms with Crippen molar-refractivity contribution in [3.63, 3.8) is 0 Å². The van der Waals surface area contributed by atoms with Crippen LogP contribution in [0.15, 0.2) is 5.16 Å². The first-order valence-electron chi connectivity index (χ1n) is 7.26. The molecular weight excluding hydrogens is 230 g/mol. The predicted octanol–water partition coefficient (Wildman–Crippen LogP) is 4.61. The van der Waals surface area contributed by atoms with E-state index in [4.69, 9.17) is 0 Å². The summed E-state index contributed by atoms with van der Waals surface area (Å²) in [6.45, 7) is 0. The quantitative estimate of drug-likeness (QED) is 0.577. The van der Waals surface area contributed by atoms with Gasteiger partial charge >= 0.3 is 0 Å². The second-order valence-corrected chi connectivity index (χ2v) is 6.94. The molecule has 0 bridgehead atoms. The van der Waals surface area contributed by atoms with Crippen molar-refractivity contribution in [1.29, 1.82) is 0 Å². The molecule has 0 unspecified atom stereocenters. The Morgan fingerprint density at radius 2 is 1.53 bits per heavy atom. The van der Waals surface area contributed by atoms with Crippen molar-refractivity contribution >= 4 is 17.5 Å². The Labute approximate surface area is 109 Å². The van der Waals surface area contributed by atoms with Crippen LogP contribution in [0.2, 0.25) is 0 Å². The van der Waals surface area contributed by atoms with Crippen LogP contribution in [0, 0.1) is 0 Å². The third-order valence-corrected chi connectivity index (χ3v) is 5.75. The van der Waals surface area contributed by atoms with Crippen LogP contribution in [-0.4, -0.2) is 21.4 Å². The summed E-state index contributed by atoms with van der Waals surface area (Å²) in [5.41, 5.74) is 1.07. The lowest BCUT2D eigenvalue weighted by molar-refractivity contribution is 0.315. The van der Waals surface area contributed by atoms with Crippen molar-refractivity contribution in [3.8, 4) is 0 Å². The highest BCUT2D eigenvalue weighted by Gasteiger charge is 2.24. The molecule has 2 saturated carbocycles. The average molecular weight is 255 g/mol. The normalized spacial score (nSPS) is 31.1. The largest absolute Gasteiger partial charge is 0.411 e. The third-order valence-electron chi connectivity index (χ3n) is 4.06. The van der Waals surface area contributed by atoms with Gasteiger partial charge in [-0.2, -0.15) is 0 Å². The number of nitrogens with zero attached hydrogens (tertiary/aromatic N) is 1. The van der Waals surface area contributed by atoms with E-state index in [0.29, 0.717) is 5.25 Å². The van der Waals surface area contributed by atoms with Crippen LogP contribution >= 0.6 is 11.8 Å². The molecule has 0 radical (unpaired) electrons. The highest BCUT2D eigenvalue weighted by Crippen LogP contribution is 2.35. The number of hydrogen-bond acceptors (Lipinski definition) is 3. The van der Waals surface area contributed by atoms with E-state index in [0.717, 1.165) is 17.4 Å². The van der Waals surface area contributed by atoms with Gasteiger partial charge in [-0.3, -0.25) is 0 Å². The van der Waals surface area contributed by atoms with Crippen molar-refractivity contribution in [2.45, 2.75) is 81.1 Å². The number of thioether (sulfide) groups is 1. The minimum atomic E-state index is 0.503. The molecular formula is C14H25NOS. The predicted molar refractivity (Wildman–Crippen MR) is 75.2 cm³/mol. The molecule has 0 aromatic carbocycles. The second-order valence-electron chi connectivity index (χ2n) is 5.43. The van der Waals surface area contributed by atoms with E-state index in [1.807, 2.05) is 0 Å². The molecule has 0 heterocycles. The van der Waals surface area contributed by atoms with Crippen LogP contribution in [0.4, 0.5) is 0 Å². The van der Waals surface area contributed by atoms with Gasteiger partial charge in [0, 0.05) is 10.5 Å². The summed E-state index contributed by atoms with van der Waals surface area (Å²) in [7, 11) is 0. The molecule has 2 fully saturated rings. The van der Waals surface area contributed by atoms with Gasteiger partial charge in [-0.25, -0.2) is 0 Å². The summed E-state index contributed by atoms with van der Waals surface area (Å²) in [5.74, 6) is 0. The first-order chi connectivity index (χ1) is 8.40. The maximum Gasteiger partial charge on any atom is 0.0700 e. The van der Waals surface area contributed by atoms with Gasteiger partial charge in [-0.1, -0.05) is 43.7 Å². The number of oxime groups is 1. The molecule has 2 aliphatic rings. The van der Waals surface area contributed by atoms with Crippen molar-refractivity contribution in [3.05, 3.63) is 0 Å². The third kappa shape index (κ3) is 4.20. The molecule has 1 N–H and O–H groups in total. The fraction of sp³-hybridized carbons (Fsp3) is 0.929. The van der Waals surface area contributed by atoms with Crippen LogP contribution in [0.5, 0.6) is 0 Å². The molecule has 0 aliphatic heterocycles. The summed E-state index contributed by atoms with van der Waals surface area (Å²) in [5, 5.41) is 14.1. The zero-order valence-corrected chi connectivity index (χ0v) is 11.6. The molecule has 2 aliphatic carbocycles. The van der Waals surface area contributed by atoms with Crippen LogP contribution in [0.3, 0.4) is 0 Å². The Morgan fingerprint density at radius 1 is 0.882 bits per heavy atom. The minimum Gasteiger partial charge on any atom is -0.411 e. The standard InChI is InChI=1S/C14H25NOS/c16-15-13-10-6-1-2-7-11-14(13)17-12-8-4-3-5-9-12/h12,14,16H,1-11H2/b15-13-/t14-/m1/s1. The van der Waals surface area contributed by atoms with Gasteiger partial charge in [0.25, 0.3) is 0 Å². The van der Waals surface area contributed by atoms with Gasteiger partial charge < -0.3 is 5.21 Å². The lowest BCUT2D eigenvalue weighted by Crippen LogP contribution is -2.23. The van der Waals surface area contributed by atoms with Gasteiger partial charge in [0.2, 0.25) is 0 Å². The molecule has 2 nitrogen and oxygen atoms in total. The van der Waals surface area contributed by atoms with Crippen molar-refractivity contribution in [2.24, 2.45) is 5.16 Å². The van der Waals surface area contributed by atoms with Crippen molar-refractivity contribution < 1.29 is 5.21 Å². The van der Waals surface area contributed by atoms with Crippen LogP contribution in [0.25, 0.3) is 0 Å². The van der Waals surface area contributed by atoms with E-state index >= 15 is 0 Å². The van der Waals surface area contributed by atoms with E-state index in [9.17, 15) is 5.21 Å². The molecule has 98 valence electrons. The SMILES string of the molecule is O/N=C1/CCCCCC[C@H]1SC1CCCCC1. The summed E-state index contributed by atoms with van der Waals surface area (Å²) in [6, 6.07) is 0. The number of rotatable bonds is 2. The van der Waals surface area contributed by atoms with E-state index in [2.05, 4.69) is 16.9 Å². The zero-order chi connectivity index (χ0) is 11.9. The van der Waals surface area contributed by atoms with Crippen molar-refractivity contribution in [1.82, 2.24) is 0 Å². The molecule has 3 heteroatoms. The van der Waals surface area contributed by atoms with Crippen LogP contribution in [0.1, 0.15) is 70.6 Å². The highest BCUT2D eigenvalue weighted by atomic mass is 32.2. The Balaban J connectivity index is 1.89. The average Bonchev–Trinajstić information content (AvgIpc) is 2.34. The van der Waals surface area contributed by atoms with Gasteiger partial charge in [-0.15, -0.1) is 11.8 Å². The monoisotopic (exact) mass is 255 g/mol. The van der Waals surface area contributed by atoms with Gasteiger partial charge in [0.05, 0.1) is 5.71 Å². The smallest absolute Gasteiger partial charge is 0.0700 e. The first kappa shape index (κ1) is 13.3. The van der Waals surface area contributed by atoms with E-state index in [-0.39, 0.29) is 0 Å². The fourth-order valence-electron chi connectivity index (χ4n) is 3.01. The summed E-state index contributed by atoms with van der Waals surface area (Å²) in [4.78, 5) is 0. The lowest BCUT2D eigenvalue weighted by Gasteiger charge is -2.27. The van der Waals surface area contributed by atoms with E-state index in [1.54, 1.807) is 0 Å². The van der Waals surface area contributed by atoms with Crippen LogP contribution in [-0.2, 0) is 0 Å². The molecule has 0 saturated heterocycles. The summed E-state index contributed by atoms with van der Waals surface area (Å²) >= 11 is 2.11. The molecule has 0 aromatic heterocycles.